The summed E-state index contributed by atoms with van der Waals surface area (Å²) in [6.45, 7) is 2.60. The Labute approximate surface area is 326 Å². The summed E-state index contributed by atoms with van der Waals surface area (Å²) < 4.78 is 32.5. The number of aliphatic carboxylic acids is 1. The highest BCUT2D eigenvalue weighted by molar-refractivity contribution is 7.47. The molecule has 0 aromatic rings. The lowest BCUT2D eigenvalue weighted by atomic mass is 10.1. The summed E-state index contributed by atoms with van der Waals surface area (Å²) >= 11 is 0. The molecule has 0 saturated heterocycles. The third kappa shape index (κ3) is 36.2. The first-order valence-corrected chi connectivity index (χ1v) is 21.8. The lowest BCUT2D eigenvalue weighted by Crippen LogP contribution is -2.34. The van der Waals surface area contributed by atoms with Crippen molar-refractivity contribution in [2.75, 3.05) is 19.8 Å². The first-order chi connectivity index (χ1) is 26.1. The Balaban J connectivity index is 4.51. The standard InChI is InChI=1S/C42H72NO10P/c1-3-5-7-9-11-13-15-17-19-21-23-25-27-29-31-33-40(44)50-35-38(36-51-54(48,49)52-37-39(43)42(46)47)53-41(45)34-32-30-28-26-24-22-20-18-16-14-12-10-8-6-4-2/h5,7,11,13,17,19,23-26,38-39H,3-4,6,8-10,12,14-16,18,20-22,27-37,43H2,1-2H3,(H,46,47)(H,48,49)/b7-5+,13-11+,19-17+,25-23+,26-24+/t38-,39+/m1/s1. The molecule has 0 radical (unpaired) electrons. The molecule has 0 heterocycles. The average molecular weight is 782 g/mol. The number of phosphoric acid groups is 1. The van der Waals surface area contributed by atoms with Crippen LogP contribution in [0.2, 0.25) is 0 Å². The number of carboxylic acids is 1. The zero-order chi connectivity index (χ0) is 40.0. The van der Waals surface area contributed by atoms with Crippen LogP contribution in [0, 0.1) is 0 Å². The Hall–Kier alpha value is -2.82. The van der Waals surface area contributed by atoms with Crippen molar-refractivity contribution >= 4 is 25.7 Å². The van der Waals surface area contributed by atoms with Gasteiger partial charge in [-0.1, -0.05) is 126 Å². The molecule has 0 aromatic carbocycles. The molecule has 0 rings (SSSR count). The number of carbonyl (C=O) groups excluding carboxylic acids is 2. The number of ether oxygens (including phenoxy) is 2. The summed E-state index contributed by atoms with van der Waals surface area (Å²) in [5.41, 5.74) is 5.32. The Morgan fingerprint density at radius 2 is 1.04 bits per heavy atom. The van der Waals surface area contributed by atoms with Crippen molar-refractivity contribution in [3.8, 4) is 0 Å². The molecule has 0 aliphatic rings. The van der Waals surface area contributed by atoms with E-state index in [0.717, 1.165) is 57.8 Å². The van der Waals surface area contributed by atoms with Gasteiger partial charge in [0.15, 0.2) is 6.10 Å². The molecule has 0 bridgehead atoms. The van der Waals surface area contributed by atoms with Crippen molar-refractivity contribution < 1.29 is 47.5 Å². The molecule has 0 fully saturated rings. The quantitative estimate of drug-likeness (QED) is 0.0237. The van der Waals surface area contributed by atoms with Crippen molar-refractivity contribution in [1.29, 1.82) is 0 Å². The number of allylic oxidation sites excluding steroid dienone is 10. The second kappa shape index (κ2) is 37.1. The predicted octanol–water partition coefficient (Wildman–Crippen LogP) is 10.4. The molecule has 0 aliphatic heterocycles. The molecule has 0 aliphatic carbocycles. The average Bonchev–Trinajstić information content (AvgIpc) is 3.14. The van der Waals surface area contributed by atoms with Gasteiger partial charge in [-0.25, -0.2) is 4.57 Å². The van der Waals surface area contributed by atoms with Crippen molar-refractivity contribution in [3.05, 3.63) is 60.8 Å². The van der Waals surface area contributed by atoms with Gasteiger partial charge < -0.3 is 25.2 Å². The fraction of sp³-hybridized carbons (Fsp3) is 0.690. The monoisotopic (exact) mass is 781 g/mol. The van der Waals surface area contributed by atoms with E-state index in [1.165, 1.54) is 57.8 Å². The third-order valence-electron chi connectivity index (χ3n) is 8.25. The van der Waals surface area contributed by atoms with Crippen LogP contribution < -0.4 is 5.73 Å². The number of esters is 2. The largest absolute Gasteiger partial charge is 0.480 e. The number of hydrogen-bond acceptors (Lipinski definition) is 9. The van der Waals surface area contributed by atoms with Crippen molar-refractivity contribution in [2.45, 2.75) is 167 Å². The molecule has 0 spiro atoms. The van der Waals surface area contributed by atoms with Gasteiger partial charge in [0.2, 0.25) is 0 Å². The first kappa shape index (κ1) is 51.2. The van der Waals surface area contributed by atoms with Crippen molar-refractivity contribution in [2.24, 2.45) is 5.73 Å². The second-order valence-electron chi connectivity index (χ2n) is 13.4. The predicted molar refractivity (Wildman–Crippen MR) is 217 cm³/mol. The summed E-state index contributed by atoms with van der Waals surface area (Å²) in [6, 6.07) is -1.53. The van der Waals surface area contributed by atoms with E-state index >= 15 is 0 Å². The molecule has 0 aromatic heterocycles. The highest BCUT2D eigenvalue weighted by Crippen LogP contribution is 2.43. The fourth-order valence-corrected chi connectivity index (χ4v) is 5.83. The van der Waals surface area contributed by atoms with Gasteiger partial charge in [0, 0.05) is 12.8 Å². The molecule has 11 nitrogen and oxygen atoms in total. The Morgan fingerprint density at radius 1 is 0.593 bits per heavy atom. The zero-order valence-electron chi connectivity index (χ0n) is 33.3. The normalized spacial score (nSPS) is 14.4. The Bertz CT molecular complexity index is 1150. The number of phosphoric ester groups is 1. The smallest absolute Gasteiger partial charge is 0.472 e. The van der Waals surface area contributed by atoms with Crippen LogP contribution >= 0.6 is 7.82 Å². The lowest BCUT2D eigenvalue weighted by molar-refractivity contribution is -0.161. The lowest BCUT2D eigenvalue weighted by Gasteiger charge is -2.20. The fourth-order valence-electron chi connectivity index (χ4n) is 5.05. The molecule has 0 amide bonds. The van der Waals surface area contributed by atoms with E-state index < -0.39 is 51.1 Å². The summed E-state index contributed by atoms with van der Waals surface area (Å²) in [5, 5.41) is 8.87. The van der Waals surface area contributed by atoms with Crippen LogP contribution in [0.4, 0.5) is 0 Å². The van der Waals surface area contributed by atoms with Gasteiger partial charge in [0.1, 0.15) is 12.6 Å². The zero-order valence-corrected chi connectivity index (χ0v) is 34.2. The second-order valence-corrected chi connectivity index (χ2v) is 14.8. The number of unbranched alkanes of at least 4 members (excludes halogenated alkanes) is 13. The van der Waals surface area contributed by atoms with Crippen LogP contribution in [0.25, 0.3) is 0 Å². The third-order valence-corrected chi connectivity index (χ3v) is 9.20. The molecular weight excluding hydrogens is 709 g/mol. The van der Waals surface area contributed by atoms with Gasteiger partial charge in [-0.3, -0.25) is 23.4 Å². The van der Waals surface area contributed by atoms with Crippen molar-refractivity contribution in [1.82, 2.24) is 0 Å². The molecular formula is C42H72NO10P. The van der Waals surface area contributed by atoms with Gasteiger partial charge in [0.05, 0.1) is 13.2 Å². The maximum atomic E-state index is 12.6. The van der Waals surface area contributed by atoms with E-state index in [2.05, 4.69) is 79.1 Å². The molecule has 1 unspecified atom stereocenters. The van der Waals surface area contributed by atoms with Crippen LogP contribution in [0.5, 0.6) is 0 Å². The topological polar surface area (TPSA) is 172 Å². The van der Waals surface area contributed by atoms with E-state index in [1.807, 2.05) is 0 Å². The molecule has 3 atom stereocenters. The maximum Gasteiger partial charge on any atom is 0.472 e. The number of carbonyl (C=O) groups is 3. The van der Waals surface area contributed by atoms with Crippen LogP contribution in [0.1, 0.15) is 155 Å². The Kier molecular flexibility index (Phi) is 35.2. The summed E-state index contributed by atoms with van der Waals surface area (Å²) in [5.74, 6) is -2.47. The number of nitrogens with two attached hydrogens (primary N) is 1. The molecule has 54 heavy (non-hydrogen) atoms. The summed E-state index contributed by atoms with van der Waals surface area (Å²) in [4.78, 5) is 45.8. The number of hydrogen-bond donors (Lipinski definition) is 3. The van der Waals surface area contributed by atoms with Gasteiger partial charge in [-0.2, -0.15) is 0 Å². The minimum Gasteiger partial charge on any atom is -0.480 e. The number of carboxylic acid groups (broad SMARTS) is 1. The van der Waals surface area contributed by atoms with Crippen LogP contribution in [0.15, 0.2) is 60.8 Å². The van der Waals surface area contributed by atoms with Gasteiger partial charge >= 0.3 is 25.7 Å². The van der Waals surface area contributed by atoms with E-state index in [9.17, 15) is 23.8 Å². The van der Waals surface area contributed by atoms with Crippen LogP contribution in [0.3, 0.4) is 0 Å². The van der Waals surface area contributed by atoms with Crippen LogP contribution in [-0.2, 0) is 37.5 Å². The SMILES string of the molecule is CC/C=C/C/C=C/C/C=C/C/C=C/CCCCC(=O)OC[C@H](COP(=O)(O)OC[C@H](N)C(=O)O)OC(=O)CCCC/C=C/CCCCCCCCCCC. The van der Waals surface area contributed by atoms with Gasteiger partial charge in [-0.15, -0.1) is 0 Å². The van der Waals surface area contributed by atoms with E-state index in [0.29, 0.717) is 12.8 Å². The van der Waals surface area contributed by atoms with Gasteiger partial charge in [0.25, 0.3) is 0 Å². The first-order valence-electron chi connectivity index (χ1n) is 20.3. The Morgan fingerprint density at radius 3 is 1.57 bits per heavy atom. The van der Waals surface area contributed by atoms with Crippen LogP contribution in [-0.4, -0.2) is 59.9 Å². The van der Waals surface area contributed by atoms with Crippen molar-refractivity contribution in [3.63, 3.8) is 0 Å². The molecule has 12 heteroatoms. The number of rotatable bonds is 37. The summed E-state index contributed by atoms with van der Waals surface area (Å²) in [7, 11) is -4.73. The van der Waals surface area contributed by atoms with E-state index in [1.54, 1.807) is 0 Å². The van der Waals surface area contributed by atoms with Gasteiger partial charge in [-0.05, 0) is 77.0 Å². The highest BCUT2D eigenvalue weighted by atomic mass is 31.2. The molecule has 0 saturated carbocycles. The minimum atomic E-state index is -4.73. The molecule has 4 N–H and O–H groups in total. The van der Waals surface area contributed by atoms with E-state index in [-0.39, 0.29) is 19.4 Å². The maximum absolute atomic E-state index is 12.6. The van der Waals surface area contributed by atoms with E-state index in [4.69, 9.17) is 24.8 Å². The minimum absolute atomic E-state index is 0.120. The molecule has 310 valence electrons. The highest BCUT2D eigenvalue weighted by Gasteiger charge is 2.28. The summed E-state index contributed by atoms with van der Waals surface area (Å²) in [6.07, 6.45) is 41.5.